The minimum absolute atomic E-state index is 0.557. The zero-order valence-electron chi connectivity index (χ0n) is 15.4. The van der Waals surface area contributed by atoms with Gasteiger partial charge in [0.25, 0.3) is 0 Å². The molecule has 26 heavy (non-hydrogen) atoms. The largest absolute Gasteiger partial charge is 0.494 e. The second-order valence-corrected chi connectivity index (χ2v) is 6.12. The number of ether oxygens (including phenoxy) is 2. The summed E-state index contributed by atoms with van der Waals surface area (Å²) < 4.78 is 11.3. The molecule has 0 bridgehead atoms. The van der Waals surface area contributed by atoms with Crippen LogP contribution in [0.5, 0.6) is 17.4 Å². The highest BCUT2D eigenvalue weighted by Crippen LogP contribution is 2.23. The Bertz CT molecular complexity index is 727. The summed E-state index contributed by atoms with van der Waals surface area (Å²) in [7, 11) is 0. The van der Waals surface area contributed by atoms with E-state index in [0.29, 0.717) is 25.1 Å². The van der Waals surface area contributed by atoms with Gasteiger partial charge in [-0.05, 0) is 62.6 Å². The molecule has 138 valence electrons. The highest BCUT2D eigenvalue weighted by molar-refractivity contribution is 5.80. The first-order valence-electron chi connectivity index (χ1n) is 9.17. The van der Waals surface area contributed by atoms with Gasteiger partial charge in [0.1, 0.15) is 11.5 Å². The van der Waals surface area contributed by atoms with Gasteiger partial charge in [0, 0.05) is 24.8 Å². The molecule has 2 aromatic rings. The fourth-order valence-electron chi connectivity index (χ4n) is 2.41. The van der Waals surface area contributed by atoms with Crippen molar-refractivity contribution in [3.63, 3.8) is 0 Å². The third-order valence-electron chi connectivity index (χ3n) is 3.84. The summed E-state index contributed by atoms with van der Waals surface area (Å²) in [6.07, 6.45) is 4.19. The lowest BCUT2D eigenvalue weighted by atomic mass is 10.2. The van der Waals surface area contributed by atoms with Crippen LogP contribution in [-0.4, -0.2) is 30.1 Å². The highest BCUT2D eigenvalue weighted by Gasteiger charge is 2.22. The first kappa shape index (κ1) is 18.0. The van der Waals surface area contributed by atoms with E-state index in [1.807, 2.05) is 43.3 Å². The summed E-state index contributed by atoms with van der Waals surface area (Å²) in [4.78, 5) is 8.92. The Hall–Kier alpha value is -2.76. The number of guanidine groups is 1. The molecule has 6 heteroatoms. The topological polar surface area (TPSA) is 67.8 Å². The number of rotatable bonds is 8. The molecule has 0 radical (unpaired) electrons. The van der Waals surface area contributed by atoms with Crippen molar-refractivity contribution in [1.29, 1.82) is 0 Å². The number of nitrogens with one attached hydrogen (secondary N) is 2. The molecule has 1 aromatic carbocycles. The average Bonchev–Trinajstić information content (AvgIpc) is 3.46. The van der Waals surface area contributed by atoms with Gasteiger partial charge in [0.2, 0.25) is 5.88 Å². The molecule has 0 saturated heterocycles. The van der Waals surface area contributed by atoms with Crippen molar-refractivity contribution in [2.24, 2.45) is 4.99 Å². The maximum atomic E-state index is 5.83. The highest BCUT2D eigenvalue weighted by atomic mass is 16.5. The number of nitrogens with zero attached hydrogens (tertiary/aromatic N) is 2. The molecule has 1 aliphatic carbocycles. The molecule has 1 saturated carbocycles. The van der Waals surface area contributed by atoms with E-state index < -0.39 is 0 Å². The Labute approximate surface area is 154 Å². The standard InChI is InChI=1S/C20H26N4O2/c1-3-21-20(24-16-5-6-16)23-14-15-11-12-22-19(13-15)26-18-9-7-17(8-10-18)25-4-2/h7-13,16H,3-6,14H2,1-2H3,(H2,21,23,24). The van der Waals surface area contributed by atoms with Gasteiger partial charge in [0.05, 0.1) is 13.2 Å². The molecule has 0 aliphatic heterocycles. The Morgan fingerprint density at radius 3 is 2.62 bits per heavy atom. The van der Waals surface area contributed by atoms with Gasteiger partial charge in [-0.15, -0.1) is 0 Å². The molecular formula is C20H26N4O2. The fourth-order valence-corrected chi connectivity index (χ4v) is 2.41. The number of aromatic nitrogens is 1. The van der Waals surface area contributed by atoms with Crippen molar-refractivity contribution in [2.75, 3.05) is 13.2 Å². The van der Waals surface area contributed by atoms with Crippen LogP contribution in [0, 0.1) is 0 Å². The van der Waals surface area contributed by atoms with Crippen LogP contribution in [0.2, 0.25) is 0 Å². The Kier molecular flexibility index (Phi) is 6.30. The van der Waals surface area contributed by atoms with Crippen molar-refractivity contribution >= 4 is 5.96 Å². The summed E-state index contributed by atoms with van der Waals surface area (Å²) in [5.41, 5.74) is 1.05. The fraction of sp³-hybridized carbons (Fsp3) is 0.400. The number of aliphatic imine (C=N–C) groups is 1. The number of pyridine rings is 1. The normalized spacial score (nSPS) is 14.0. The van der Waals surface area contributed by atoms with Crippen LogP contribution >= 0.6 is 0 Å². The molecule has 3 rings (SSSR count). The summed E-state index contributed by atoms with van der Waals surface area (Å²) in [5.74, 6) is 2.98. The monoisotopic (exact) mass is 354 g/mol. The molecule has 2 N–H and O–H groups in total. The van der Waals surface area contributed by atoms with Crippen molar-refractivity contribution in [2.45, 2.75) is 39.3 Å². The second-order valence-electron chi connectivity index (χ2n) is 6.12. The van der Waals surface area contributed by atoms with E-state index in [4.69, 9.17) is 9.47 Å². The van der Waals surface area contributed by atoms with Gasteiger partial charge < -0.3 is 20.1 Å². The first-order valence-corrected chi connectivity index (χ1v) is 9.17. The lowest BCUT2D eigenvalue weighted by Gasteiger charge is -2.10. The lowest BCUT2D eigenvalue weighted by molar-refractivity contribution is 0.339. The predicted molar refractivity (Wildman–Crippen MR) is 103 cm³/mol. The zero-order valence-corrected chi connectivity index (χ0v) is 15.4. The number of hydrogen-bond donors (Lipinski definition) is 2. The molecule has 1 aliphatic rings. The molecular weight excluding hydrogens is 328 g/mol. The molecule has 0 atom stereocenters. The van der Waals surface area contributed by atoms with E-state index in [0.717, 1.165) is 29.6 Å². The van der Waals surface area contributed by atoms with Crippen LogP contribution in [0.1, 0.15) is 32.3 Å². The van der Waals surface area contributed by atoms with E-state index in [2.05, 4.69) is 27.5 Å². The molecule has 1 aromatic heterocycles. The number of benzene rings is 1. The van der Waals surface area contributed by atoms with Gasteiger partial charge in [0.15, 0.2) is 5.96 Å². The number of hydrogen-bond acceptors (Lipinski definition) is 4. The van der Waals surface area contributed by atoms with Crippen LogP contribution < -0.4 is 20.1 Å². The van der Waals surface area contributed by atoms with Crippen LogP contribution in [0.3, 0.4) is 0 Å². The van der Waals surface area contributed by atoms with Crippen molar-refractivity contribution in [3.8, 4) is 17.4 Å². The van der Waals surface area contributed by atoms with Gasteiger partial charge in [-0.1, -0.05) is 0 Å². The van der Waals surface area contributed by atoms with E-state index in [1.54, 1.807) is 6.20 Å². The maximum absolute atomic E-state index is 5.83. The Balaban J connectivity index is 1.61. The zero-order chi connectivity index (χ0) is 18.2. The summed E-state index contributed by atoms with van der Waals surface area (Å²) in [6.45, 7) is 6.10. The molecule has 0 spiro atoms. The predicted octanol–water partition coefficient (Wildman–Crippen LogP) is 3.49. The average molecular weight is 354 g/mol. The smallest absolute Gasteiger partial charge is 0.219 e. The van der Waals surface area contributed by atoms with Gasteiger partial charge in [-0.3, -0.25) is 0 Å². The van der Waals surface area contributed by atoms with Crippen molar-refractivity contribution < 1.29 is 9.47 Å². The summed E-state index contributed by atoms with van der Waals surface area (Å²) in [5, 5.41) is 6.69. The molecule has 6 nitrogen and oxygen atoms in total. The van der Waals surface area contributed by atoms with Gasteiger partial charge in [-0.2, -0.15) is 0 Å². The third-order valence-corrected chi connectivity index (χ3v) is 3.84. The Morgan fingerprint density at radius 1 is 1.15 bits per heavy atom. The van der Waals surface area contributed by atoms with E-state index in [9.17, 15) is 0 Å². The minimum atomic E-state index is 0.557. The molecule has 0 amide bonds. The third kappa shape index (κ3) is 5.65. The Morgan fingerprint density at radius 2 is 1.92 bits per heavy atom. The van der Waals surface area contributed by atoms with E-state index in [-0.39, 0.29) is 0 Å². The van der Waals surface area contributed by atoms with Crippen LogP contribution in [0.4, 0.5) is 0 Å². The quantitative estimate of drug-likeness (QED) is 0.561. The van der Waals surface area contributed by atoms with Crippen molar-refractivity contribution in [3.05, 3.63) is 48.2 Å². The van der Waals surface area contributed by atoms with Crippen LogP contribution in [0.15, 0.2) is 47.6 Å². The minimum Gasteiger partial charge on any atom is -0.494 e. The first-order chi connectivity index (χ1) is 12.8. The molecule has 1 fully saturated rings. The summed E-state index contributed by atoms with van der Waals surface area (Å²) >= 11 is 0. The van der Waals surface area contributed by atoms with E-state index in [1.165, 1.54) is 12.8 Å². The van der Waals surface area contributed by atoms with Gasteiger partial charge in [-0.25, -0.2) is 9.98 Å². The maximum Gasteiger partial charge on any atom is 0.219 e. The summed E-state index contributed by atoms with van der Waals surface area (Å²) in [6, 6.07) is 12.0. The van der Waals surface area contributed by atoms with Crippen LogP contribution in [-0.2, 0) is 6.54 Å². The lowest BCUT2D eigenvalue weighted by Crippen LogP contribution is -2.38. The molecule has 1 heterocycles. The van der Waals surface area contributed by atoms with E-state index >= 15 is 0 Å². The second kappa shape index (κ2) is 9.08. The molecule has 0 unspecified atom stereocenters. The van der Waals surface area contributed by atoms with Gasteiger partial charge >= 0.3 is 0 Å². The van der Waals surface area contributed by atoms with Crippen molar-refractivity contribution in [1.82, 2.24) is 15.6 Å². The SMILES string of the molecule is CCNC(=NCc1ccnc(Oc2ccc(OCC)cc2)c1)NC1CC1. The van der Waals surface area contributed by atoms with Crippen LogP contribution in [0.25, 0.3) is 0 Å².